The summed E-state index contributed by atoms with van der Waals surface area (Å²) in [5.41, 5.74) is 6.13. The number of hydrogen-bond donors (Lipinski definition) is 1. The fourth-order valence-electron chi connectivity index (χ4n) is 2.08. The summed E-state index contributed by atoms with van der Waals surface area (Å²) in [6, 6.07) is 0.110. The average Bonchev–Trinajstić information content (AvgIpc) is 2.36. The molecule has 0 spiro atoms. The van der Waals surface area contributed by atoms with Crippen LogP contribution in [0.25, 0.3) is 0 Å². The standard InChI is InChI=1S/C13H28N2O2/c1-5-15-8-9-17-12(10-15)11(14)6-7-13(2,3)16-4/h11-12H,5-10,14H2,1-4H3. The van der Waals surface area contributed by atoms with E-state index in [-0.39, 0.29) is 17.7 Å². The van der Waals surface area contributed by atoms with E-state index in [0.717, 1.165) is 39.1 Å². The summed E-state index contributed by atoms with van der Waals surface area (Å²) < 4.78 is 11.2. The third-order valence-corrected chi connectivity index (χ3v) is 3.73. The van der Waals surface area contributed by atoms with Crippen molar-refractivity contribution in [2.45, 2.75) is 51.4 Å². The molecule has 2 atom stereocenters. The highest BCUT2D eigenvalue weighted by atomic mass is 16.5. The maximum absolute atomic E-state index is 6.22. The zero-order chi connectivity index (χ0) is 12.9. The van der Waals surface area contributed by atoms with Gasteiger partial charge in [-0.1, -0.05) is 6.92 Å². The summed E-state index contributed by atoms with van der Waals surface area (Å²) in [5.74, 6) is 0. The molecule has 17 heavy (non-hydrogen) atoms. The first-order valence-corrected chi connectivity index (χ1v) is 6.63. The topological polar surface area (TPSA) is 47.7 Å². The zero-order valence-corrected chi connectivity index (χ0v) is 11.7. The lowest BCUT2D eigenvalue weighted by molar-refractivity contribution is -0.0459. The number of nitrogens with two attached hydrogens (primary N) is 1. The molecule has 0 aliphatic carbocycles. The normalized spacial score (nSPS) is 24.9. The van der Waals surface area contributed by atoms with Crippen LogP contribution in [-0.2, 0) is 9.47 Å². The molecule has 0 amide bonds. The summed E-state index contributed by atoms with van der Waals surface area (Å²) in [4.78, 5) is 2.40. The molecule has 4 nitrogen and oxygen atoms in total. The minimum atomic E-state index is -0.0866. The molecule has 0 aromatic rings. The zero-order valence-electron chi connectivity index (χ0n) is 11.7. The predicted octanol–water partition coefficient (Wildman–Crippen LogP) is 1.24. The quantitative estimate of drug-likeness (QED) is 0.763. The maximum atomic E-state index is 6.22. The molecule has 1 fully saturated rings. The van der Waals surface area contributed by atoms with Crippen molar-refractivity contribution in [2.24, 2.45) is 5.73 Å². The van der Waals surface area contributed by atoms with Gasteiger partial charge in [-0.05, 0) is 33.2 Å². The van der Waals surface area contributed by atoms with Crippen LogP contribution in [0, 0.1) is 0 Å². The maximum Gasteiger partial charge on any atom is 0.0853 e. The molecule has 0 aromatic heterocycles. The van der Waals surface area contributed by atoms with E-state index in [1.807, 2.05) is 0 Å². The molecule has 0 saturated carbocycles. The van der Waals surface area contributed by atoms with Gasteiger partial charge in [0.25, 0.3) is 0 Å². The smallest absolute Gasteiger partial charge is 0.0853 e. The molecule has 1 heterocycles. The number of hydrogen-bond acceptors (Lipinski definition) is 4. The molecule has 1 rings (SSSR count). The highest BCUT2D eigenvalue weighted by Crippen LogP contribution is 2.19. The first-order chi connectivity index (χ1) is 7.98. The minimum Gasteiger partial charge on any atom is -0.379 e. The number of morpholine rings is 1. The van der Waals surface area contributed by atoms with Crippen LogP contribution in [0.5, 0.6) is 0 Å². The first-order valence-electron chi connectivity index (χ1n) is 6.63. The van der Waals surface area contributed by atoms with Gasteiger partial charge >= 0.3 is 0 Å². The van der Waals surface area contributed by atoms with Crippen LogP contribution in [0.1, 0.15) is 33.6 Å². The van der Waals surface area contributed by atoms with E-state index in [1.165, 1.54) is 0 Å². The molecule has 2 unspecified atom stereocenters. The van der Waals surface area contributed by atoms with Crippen molar-refractivity contribution < 1.29 is 9.47 Å². The largest absolute Gasteiger partial charge is 0.379 e. The highest BCUT2D eigenvalue weighted by molar-refractivity contribution is 4.82. The van der Waals surface area contributed by atoms with Gasteiger partial charge in [0, 0.05) is 26.2 Å². The van der Waals surface area contributed by atoms with E-state index < -0.39 is 0 Å². The van der Waals surface area contributed by atoms with Crippen LogP contribution in [0.3, 0.4) is 0 Å². The summed E-state index contributed by atoms with van der Waals surface area (Å²) in [5, 5.41) is 0. The Hall–Kier alpha value is -0.160. The first kappa shape index (κ1) is 14.9. The van der Waals surface area contributed by atoms with Crippen molar-refractivity contribution in [2.75, 3.05) is 33.4 Å². The van der Waals surface area contributed by atoms with Gasteiger partial charge in [0.2, 0.25) is 0 Å². The Morgan fingerprint density at radius 3 is 2.82 bits per heavy atom. The molecule has 1 aliphatic rings. The van der Waals surface area contributed by atoms with Crippen LogP contribution >= 0.6 is 0 Å². The van der Waals surface area contributed by atoms with E-state index in [9.17, 15) is 0 Å². The number of methoxy groups -OCH3 is 1. The van der Waals surface area contributed by atoms with Crippen molar-refractivity contribution in [1.82, 2.24) is 4.90 Å². The molecule has 2 N–H and O–H groups in total. The van der Waals surface area contributed by atoms with Gasteiger partial charge in [-0.2, -0.15) is 0 Å². The molecule has 1 aliphatic heterocycles. The Morgan fingerprint density at radius 2 is 2.24 bits per heavy atom. The molecular weight excluding hydrogens is 216 g/mol. The monoisotopic (exact) mass is 244 g/mol. The lowest BCUT2D eigenvalue weighted by Crippen LogP contribution is -2.50. The number of rotatable bonds is 6. The van der Waals surface area contributed by atoms with Crippen LogP contribution in [0.4, 0.5) is 0 Å². The third kappa shape index (κ3) is 4.92. The molecule has 0 radical (unpaired) electrons. The van der Waals surface area contributed by atoms with Crippen LogP contribution in [0.2, 0.25) is 0 Å². The third-order valence-electron chi connectivity index (χ3n) is 3.73. The van der Waals surface area contributed by atoms with Gasteiger partial charge < -0.3 is 15.2 Å². The fourth-order valence-corrected chi connectivity index (χ4v) is 2.08. The Bertz CT molecular complexity index is 221. The molecule has 4 heteroatoms. The van der Waals surface area contributed by atoms with E-state index in [1.54, 1.807) is 7.11 Å². The lowest BCUT2D eigenvalue weighted by Gasteiger charge is -2.36. The molecule has 102 valence electrons. The second-order valence-corrected chi connectivity index (χ2v) is 5.47. The van der Waals surface area contributed by atoms with Gasteiger partial charge in [0.1, 0.15) is 0 Å². The minimum absolute atomic E-state index is 0.0866. The Morgan fingerprint density at radius 1 is 1.53 bits per heavy atom. The second kappa shape index (κ2) is 6.69. The van der Waals surface area contributed by atoms with E-state index in [0.29, 0.717) is 0 Å². The summed E-state index contributed by atoms with van der Waals surface area (Å²) >= 11 is 0. The molecule has 0 bridgehead atoms. The highest BCUT2D eigenvalue weighted by Gasteiger charge is 2.27. The SMILES string of the molecule is CCN1CCOC(C(N)CCC(C)(C)OC)C1. The van der Waals surface area contributed by atoms with Crippen molar-refractivity contribution in [3.05, 3.63) is 0 Å². The van der Waals surface area contributed by atoms with E-state index >= 15 is 0 Å². The van der Waals surface area contributed by atoms with Crippen LogP contribution < -0.4 is 5.73 Å². The molecule has 0 aromatic carbocycles. The Balaban J connectivity index is 2.34. The number of nitrogens with zero attached hydrogens (tertiary/aromatic N) is 1. The molecule has 1 saturated heterocycles. The summed E-state index contributed by atoms with van der Waals surface area (Å²) in [7, 11) is 1.75. The van der Waals surface area contributed by atoms with Gasteiger partial charge in [0.05, 0.1) is 18.3 Å². The van der Waals surface area contributed by atoms with Crippen molar-refractivity contribution >= 4 is 0 Å². The van der Waals surface area contributed by atoms with Crippen LogP contribution in [0.15, 0.2) is 0 Å². The van der Waals surface area contributed by atoms with Crippen molar-refractivity contribution in [1.29, 1.82) is 0 Å². The van der Waals surface area contributed by atoms with Crippen molar-refractivity contribution in [3.63, 3.8) is 0 Å². The van der Waals surface area contributed by atoms with Crippen molar-refractivity contribution in [3.8, 4) is 0 Å². The van der Waals surface area contributed by atoms with Gasteiger partial charge in [-0.25, -0.2) is 0 Å². The Labute approximate surface area is 105 Å². The van der Waals surface area contributed by atoms with Gasteiger partial charge in [0.15, 0.2) is 0 Å². The summed E-state index contributed by atoms with van der Waals surface area (Å²) in [6.45, 7) is 10.3. The second-order valence-electron chi connectivity index (χ2n) is 5.47. The van der Waals surface area contributed by atoms with E-state index in [2.05, 4.69) is 25.7 Å². The van der Waals surface area contributed by atoms with Gasteiger partial charge in [-0.3, -0.25) is 4.90 Å². The van der Waals surface area contributed by atoms with Gasteiger partial charge in [-0.15, -0.1) is 0 Å². The lowest BCUT2D eigenvalue weighted by atomic mass is 9.96. The fraction of sp³-hybridized carbons (Fsp3) is 1.00. The van der Waals surface area contributed by atoms with Crippen LogP contribution in [-0.4, -0.2) is 56.0 Å². The number of ether oxygens (including phenoxy) is 2. The number of likely N-dealkylation sites (N-methyl/N-ethyl adjacent to an activating group) is 1. The Kier molecular flexibility index (Phi) is 5.86. The van der Waals surface area contributed by atoms with E-state index in [4.69, 9.17) is 15.2 Å². The average molecular weight is 244 g/mol. The summed E-state index contributed by atoms with van der Waals surface area (Å²) in [6.07, 6.45) is 2.09. The predicted molar refractivity (Wildman–Crippen MR) is 70.2 cm³/mol. The molecular formula is C13H28N2O2.